The maximum absolute atomic E-state index is 13.7. The zero-order valence-corrected chi connectivity index (χ0v) is 16.4. The van der Waals surface area contributed by atoms with E-state index in [1.165, 1.54) is 24.3 Å². The van der Waals surface area contributed by atoms with Crippen LogP contribution >= 0.6 is 0 Å². The summed E-state index contributed by atoms with van der Waals surface area (Å²) in [6, 6.07) is 14.0. The van der Waals surface area contributed by atoms with Crippen LogP contribution in [-0.2, 0) is 11.3 Å². The van der Waals surface area contributed by atoms with E-state index in [2.05, 4.69) is 10.5 Å². The molecule has 0 radical (unpaired) electrons. The normalized spacial score (nSPS) is 12.2. The van der Waals surface area contributed by atoms with E-state index in [-0.39, 0.29) is 30.1 Å². The lowest BCUT2D eigenvalue weighted by molar-refractivity contribution is -0.118. The molecule has 1 atom stereocenters. The number of aromatic nitrogens is 1. The predicted octanol–water partition coefficient (Wildman–Crippen LogP) is 4.85. The summed E-state index contributed by atoms with van der Waals surface area (Å²) in [6.07, 6.45) is 0.692. The molecule has 5 nitrogen and oxygen atoms in total. The van der Waals surface area contributed by atoms with Gasteiger partial charge in [0.05, 0.1) is 6.54 Å². The number of benzene rings is 2. The van der Waals surface area contributed by atoms with E-state index in [1.807, 2.05) is 17.9 Å². The van der Waals surface area contributed by atoms with Crippen LogP contribution in [0.25, 0.3) is 0 Å². The third-order valence-corrected chi connectivity index (χ3v) is 4.60. The number of halogens is 2. The van der Waals surface area contributed by atoms with Gasteiger partial charge in [0.25, 0.3) is 0 Å². The van der Waals surface area contributed by atoms with Crippen molar-refractivity contribution in [2.75, 3.05) is 11.9 Å². The van der Waals surface area contributed by atoms with Crippen molar-refractivity contribution < 1.29 is 18.1 Å². The molecule has 3 aromatic rings. The van der Waals surface area contributed by atoms with Crippen molar-refractivity contribution >= 4 is 11.7 Å². The van der Waals surface area contributed by atoms with Crippen LogP contribution in [0.1, 0.15) is 36.3 Å². The lowest BCUT2D eigenvalue weighted by Crippen LogP contribution is -2.36. The molecule has 0 spiro atoms. The largest absolute Gasteiger partial charge is 0.360 e. The monoisotopic (exact) mass is 399 g/mol. The first-order valence-electron chi connectivity index (χ1n) is 9.41. The number of anilines is 1. The number of carbonyl (C=O) groups excluding carboxylic acids is 1. The fraction of sp³-hybridized carbons (Fsp3) is 0.273. The lowest BCUT2D eigenvalue weighted by atomic mass is 10.0. The van der Waals surface area contributed by atoms with Crippen LogP contribution < -0.4 is 5.32 Å². The van der Waals surface area contributed by atoms with E-state index in [4.69, 9.17) is 4.52 Å². The minimum absolute atomic E-state index is 0.0539. The van der Waals surface area contributed by atoms with Gasteiger partial charge in [-0.15, -0.1) is 0 Å². The molecule has 1 aromatic heterocycles. The zero-order chi connectivity index (χ0) is 20.8. The minimum Gasteiger partial charge on any atom is -0.360 e. The fourth-order valence-electron chi connectivity index (χ4n) is 3.33. The van der Waals surface area contributed by atoms with Gasteiger partial charge in [-0.05, 0) is 48.7 Å². The lowest BCUT2D eigenvalue weighted by Gasteiger charge is -2.31. The summed E-state index contributed by atoms with van der Waals surface area (Å²) in [7, 11) is 0. The number of hydrogen-bond acceptors (Lipinski definition) is 4. The number of carbonyl (C=O) groups is 1. The van der Waals surface area contributed by atoms with E-state index >= 15 is 0 Å². The molecule has 152 valence electrons. The molecule has 0 aliphatic rings. The third kappa shape index (κ3) is 5.71. The molecule has 29 heavy (non-hydrogen) atoms. The summed E-state index contributed by atoms with van der Waals surface area (Å²) in [6.45, 7) is 4.14. The summed E-state index contributed by atoms with van der Waals surface area (Å²) < 4.78 is 32.0. The van der Waals surface area contributed by atoms with Gasteiger partial charge in [0.15, 0.2) is 5.82 Å². The Bertz CT molecular complexity index is 957. The average Bonchev–Trinajstić information content (AvgIpc) is 3.08. The van der Waals surface area contributed by atoms with Crippen molar-refractivity contribution in [2.24, 2.45) is 0 Å². The van der Waals surface area contributed by atoms with Crippen LogP contribution in [0.5, 0.6) is 0 Å². The highest BCUT2D eigenvalue weighted by Crippen LogP contribution is 2.26. The van der Waals surface area contributed by atoms with E-state index in [9.17, 15) is 13.6 Å². The van der Waals surface area contributed by atoms with Gasteiger partial charge >= 0.3 is 0 Å². The third-order valence-electron chi connectivity index (χ3n) is 4.60. The Labute approximate surface area is 168 Å². The molecule has 2 aromatic carbocycles. The molecule has 7 heteroatoms. The van der Waals surface area contributed by atoms with Crippen molar-refractivity contribution in [1.29, 1.82) is 0 Å². The Morgan fingerprint density at radius 2 is 1.90 bits per heavy atom. The van der Waals surface area contributed by atoms with Crippen LogP contribution in [0.15, 0.2) is 59.1 Å². The molecule has 0 unspecified atom stereocenters. The van der Waals surface area contributed by atoms with Crippen molar-refractivity contribution in [3.8, 4) is 0 Å². The zero-order valence-electron chi connectivity index (χ0n) is 16.4. The number of rotatable bonds is 8. The van der Waals surface area contributed by atoms with Gasteiger partial charge < -0.3 is 9.84 Å². The molecular weight excluding hydrogens is 376 g/mol. The molecule has 1 amide bonds. The molecule has 1 heterocycles. The van der Waals surface area contributed by atoms with E-state index in [0.29, 0.717) is 24.5 Å². The van der Waals surface area contributed by atoms with Gasteiger partial charge in [0.2, 0.25) is 5.91 Å². The van der Waals surface area contributed by atoms with Gasteiger partial charge in [-0.3, -0.25) is 9.69 Å². The topological polar surface area (TPSA) is 58.4 Å². The number of nitrogens with zero attached hydrogens (tertiary/aromatic N) is 2. The quantitative estimate of drug-likeness (QED) is 0.588. The molecule has 1 N–H and O–H groups in total. The van der Waals surface area contributed by atoms with Crippen molar-refractivity contribution in [3.05, 3.63) is 83.1 Å². The average molecular weight is 399 g/mol. The van der Waals surface area contributed by atoms with Crippen molar-refractivity contribution in [3.63, 3.8) is 0 Å². The molecular formula is C22H23F2N3O2. The van der Waals surface area contributed by atoms with Crippen LogP contribution in [0, 0.1) is 18.6 Å². The van der Waals surface area contributed by atoms with Gasteiger partial charge in [-0.2, -0.15) is 0 Å². The second-order valence-corrected chi connectivity index (χ2v) is 6.88. The molecule has 0 aliphatic carbocycles. The molecule has 0 fully saturated rings. The summed E-state index contributed by atoms with van der Waals surface area (Å²) in [5.41, 5.74) is 1.63. The molecule has 0 saturated carbocycles. The Morgan fingerprint density at radius 1 is 1.14 bits per heavy atom. The second kappa shape index (κ2) is 9.43. The number of aryl methyl sites for hydroxylation is 1. The van der Waals surface area contributed by atoms with Gasteiger partial charge in [-0.25, -0.2) is 8.78 Å². The fourth-order valence-corrected chi connectivity index (χ4v) is 3.33. The number of hydrogen-bond donors (Lipinski definition) is 1. The highest BCUT2D eigenvalue weighted by atomic mass is 19.1. The summed E-state index contributed by atoms with van der Waals surface area (Å²) in [5, 5.41) is 6.49. The van der Waals surface area contributed by atoms with Crippen LogP contribution in [0.3, 0.4) is 0 Å². The van der Waals surface area contributed by atoms with Crippen molar-refractivity contribution in [1.82, 2.24) is 10.1 Å². The van der Waals surface area contributed by atoms with Crippen LogP contribution in [-0.4, -0.2) is 22.5 Å². The number of amides is 1. The Balaban J connectivity index is 1.83. The Hall–Kier alpha value is -3.06. The van der Waals surface area contributed by atoms with E-state index in [0.717, 1.165) is 11.1 Å². The second-order valence-electron chi connectivity index (χ2n) is 6.88. The summed E-state index contributed by atoms with van der Waals surface area (Å²) >= 11 is 0. The molecule has 0 aliphatic heterocycles. The van der Waals surface area contributed by atoms with E-state index < -0.39 is 0 Å². The molecule has 0 bridgehead atoms. The maximum Gasteiger partial charge on any atom is 0.239 e. The predicted molar refractivity (Wildman–Crippen MR) is 106 cm³/mol. The van der Waals surface area contributed by atoms with Gasteiger partial charge in [0.1, 0.15) is 17.4 Å². The van der Waals surface area contributed by atoms with Crippen LogP contribution in [0.4, 0.5) is 14.6 Å². The van der Waals surface area contributed by atoms with Gasteiger partial charge in [-0.1, -0.05) is 36.3 Å². The minimum atomic E-state index is -0.334. The smallest absolute Gasteiger partial charge is 0.239 e. The Morgan fingerprint density at radius 3 is 2.52 bits per heavy atom. The first-order chi connectivity index (χ1) is 13.9. The van der Waals surface area contributed by atoms with Gasteiger partial charge in [0, 0.05) is 18.7 Å². The first kappa shape index (κ1) is 20.7. The standard InChI is InChI=1S/C22H23F2N3O2/c1-3-20(17-7-9-18(23)10-8-17)27(13-16-5-4-6-19(24)12-16)14-22(28)25-21-11-15(2)29-26-21/h4-12,20H,3,13-14H2,1-2H3,(H,25,26,28)/t20-/m1/s1. The van der Waals surface area contributed by atoms with E-state index in [1.54, 1.807) is 31.2 Å². The SMILES string of the molecule is CC[C@H](c1ccc(F)cc1)N(CC(=O)Nc1cc(C)on1)Cc1cccc(F)c1. The number of nitrogens with one attached hydrogen (secondary N) is 1. The molecule has 0 saturated heterocycles. The first-order valence-corrected chi connectivity index (χ1v) is 9.41. The maximum atomic E-state index is 13.7. The van der Waals surface area contributed by atoms with Crippen LogP contribution in [0.2, 0.25) is 0 Å². The summed E-state index contributed by atoms with van der Waals surface area (Å²) in [5.74, 6) is 0.0113. The summed E-state index contributed by atoms with van der Waals surface area (Å²) in [4.78, 5) is 14.6. The highest BCUT2D eigenvalue weighted by molar-refractivity contribution is 5.91. The molecule has 3 rings (SSSR count). The van der Waals surface area contributed by atoms with Crippen molar-refractivity contribution in [2.45, 2.75) is 32.9 Å². The highest BCUT2D eigenvalue weighted by Gasteiger charge is 2.22. The Kier molecular flexibility index (Phi) is 6.72.